The van der Waals surface area contributed by atoms with Crippen LogP contribution in [0.2, 0.25) is 0 Å². The zero-order chi connectivity index (χ0) is 13.2. The highest BCUT2D eigenvalue weighted by Gasteiger charge is 2.23. The van der Waals surface area contributed by atoms with E-state index in [1.165, 1.54) is 11.3 Å². The molecule has 2 aromatic carbocycles. The average Bonchev–Trinajstić information content (AvgIpc) is 2.47. The number of nitriles is 1. The molecule has 3 heteroatoms. The lowest BCUT2D eigenvalue weighted by atomic mass is 10.1. The molecule has 0 spiro atoms. The number of anilines is 1. The largest absolute Gasteiger partial charge is 0.319 e. The molecule has 3 rings (SSSR count). The van der Waals surface area contributed by atoms with E-state index in [1.807, 2.05) is 36.4 Å². The second-order valence-electron chi connectivity index (χ2n) is 4.63. The van der Waals surface area contributed by atoms with Gasteiger partial charge in [0, 0.05) is 13.1 Å². The third-order valence-corrected chi connectivity index (χ3v) is 3.34. The van der Waals surface area contributed by atoms with Crippen LogP contribution in [0.4, 0.5) is 11.4 Å². The molecule has 0 N–H and O–H groups in total. The first-order valence-electron chi connectivity index (χ1n) is 6.20. The van der Waals surface area contributed by atoms with Crippen molar-refractivity contribution in [1.29, 1.82) is 5.26 Å². The molecule has 0 saturated heterocycles. The molecular formula is C16H14N3+. The van der Waals surface area contributed by atoms with Gasteiger partial charge in [0.15, 0.2) is 6.21 Å². The van der Waals surface area contributed by atoms with E-state index in [4.69, 9.17) is 0 Å². The van der Waals surface area contributed by atoms with Gasteiger partial charge >= 0.3 is 0 Å². The summed E-state index contributed by atoms with van der Waals surface area (Å²) in [6, 6.07) is 18.2. The van der Waals surface area contributed by atoms with Crippen molar-refractivity contribution >= 4 is 17.6 Å². The van der Waals surface area contributed by atoms with Gasteiger partial charge < -0.3 is 4.90 Å². The molecule has 0 saturated carbocycles. The molecule has 0 unspecified atom stereocenters. The van der Waals surface area contributed by atoms with Crippen molar-refractivity contribution in [1.82, 2.24) is 0 Å². The molecule has 0 amide bonds. The monoisotopic (exact) mass is 248 g/mol. The minimum atomic E-state index is 0.700. The molecule has 2 aromatic rings. The summed E-state index contributed by atoms with van der Waals surface area (Å²) in [5, 5.41) is 9.21. The number of fused-ring (bicyclic) bond motifs is 1. The zero-order valence-electron chi connectivity index (χ0n) is 10.7. The first-order chi connectivity index (χ1) is 9.29. The minimum absolute atomic E-state index is 0.700. The third kappa shape index (κ3) is 1.98. The van der Waals surface area contributed by atoms with Gasteiger partial charge in [-0.05, 0) is 18.2 Å². The minimum Gasteiger partial charge on any atom is -0.319 e. The Balaban J connectivity index is 2.14. The molecule has 0 bridgehead atoms. The van der Waals surface area contributed by atoms with Crippen LogP contribution in [0.15, 0.2) is 48.5 Å². The maximum atomic E-state index is 9.21. The van der Waals surface area contributed by atoms with E-state index < -0.39 is 0 Å². The fraction of sp³-hybridized carbons (Fsp3) is 0.125. The smallest absolute Gasteiger partial charge is 0.224 e. The molecule has 0 aliphatic carbocycles. The summed E-state index contributed by atoms with van der Waals surface area (Å²) in [4.78, 5) is 2.18. The molecule has 1 heterocycles. The van der Waals surface area contributed by atoms with Gasteiger partial charge in [0.2, 0.25) is 12.4 Å². The van der Waals surface area contributed by atoms with Crippen molar-refractivity contribution in [3.63, 3.8) is 0 Å². The first-order valence-corrected chi connectivity index (χ1v) is 6.20. The predicted octanol–water partition coefficient (Wildman–Crippen LogP) is 2.73. The van der Waals surface area contributed by atoms with Crippen LogP contribution in [0.25, 0.3) is 0 Å². The van der Waals surface area contributed by atoms with Crippen LogP contribution < -0.4 is 4.90 Å². The van der Waals surface area contributed by atoms with Crippen molar-refractivity contribution < 1.29 is 4.58 Å². The summed E-state index contributed by atoms with van der Waals surface area (Å²) in [6.07, 6.45) is 2.10. The van der Waals surface area contributed by atoms with E-state index in [-0.39, 0.29) is 0 Å². The number of nitrogens with zero attached hydrogens (tertiary/aromatic N) is 3. The molecule has 0 atom stereocenters. The highest BCUT2D eigenvalue weighted by atomic mass is 15.3. The Morgan fingerprint density at radius 2 is 1.84 bits per heavy atom. The highest BCUT2D eigenvalue weighted by Crippen LogP contribution is 2.25. The van der Waals surface area contributed by atoms with E-state index in [2.05, 4.69) is 40.9 Å². The second-order valence-corrected chi connectivity index (χ2v) is 4.63. The summed E-state index contributed by atoms with van der Waals surface area (Å²) < 4.78 is 2.11. The van der Waals surface area contributed by atoms with Crippen LogP contribution in [0.3, 0.4) is 0 Å². The van der Waals surface area contributed by atoms with Gasteiger partial charge in [-0.3, -0.25) is 0 Å². The van der Waals surface area contributed by atoms with Crippen LogP contribution in [-0.4, -0.2) is 24.5 Å². The first kappa shape index (κ1) is 11.5. The lowest BCUT2D eigenvalue weighted by Crippen LogP contribution is -2.32. The molecule has 1 aliphatic rings. The fourth-order valence-corrected chi connectivity index (χ4v) is 2.42. The molecule has 19 heavy (non-hydrogen) atoms. The van der Waals surface area contributed by atoms with Crippen LogP contribution in [0, 0.1) is 11.3 Å². The standard InChI is InChI=1S/C16H14N3/c1-18-12-19(11-14-7-3-4-8-15(14)18)16-9-5-2-6-13(16)10-17/h2-9,11H,12H2,1H3/q+1. The molecule has 0 fully saturated rings. The van der Waals surface area contributed by atoms with Gasteiger partial charge in [-0.25, -0.2) is 0 Å². The van der Waals surface area contributed by atoms with E-state index in [0.717, 1.165) is 12.4 Å². The summed E-state index contributed by atoms with van der Waals surface area (Å²) in [5.41, 5.74) is 4.04. The summed E-state index contributed by atoms with van der Waals surface area (Å²) >= 11 is 0. The van der Waals surface area contributed by atoms with Gasteiger partial charge in [0.05, 0.1) is 11.3 Å². The van der Waals surface area contributed by atoms with E-state index in [9.17, 15) is 5.26 Å². The molecule has 1 aliphatic heterocycles. The number of rotatable bonds is 1. The molecular weight excluding hydrogens is 234 g/mol. The van der Waals surface area contributed by atoms with E-state index >= 15 is 0 Å². The number of hydrogen-bond donors (Lipinski definition) is 0. The van der Waals surface area contributed by atoms with Crippen LogP contribution in [-0.2, 0) is 0 Å². The summed E-state index contributed by atoms with van der Waals surface area (Å²) in [6.45, 7) is 0.746. The highest BCUT2D eigenvalue weighted by molar-refractivity contribution is 5.87. The lowest BCUT2D eigenvalue weighted by Gasteiger charge is -2.23. The van der Waals surface area contributed by atoms with E-state index in [0.29, 0.717) is 5.56 Å². The van der Waals surface area contributed by atoms with Crippen molar-refractivity contribution in [3.05, 3.63) is 59.7 Å². The van der Waals surface area contributed by atoms with Gasteiger partial charge in [-0.2, -0.15) is 9.84 Å². The van der Waals surface area contributed by atoms with E-state index in [1.54, 1.807) is 0 Å². The Morgan fingerprint density at radius 3 is 2.68 bits per heavy atom. The Morgan fingerprint density at radius 1 is 1.11 bits per heavy atom. The van der Waals surface area contributed by atoms with Crippen LogP contribution in [0.1, 0.15) is 11.1 Å². The summed E-state index contributed by atoms with van der Waals surface area (Å²) in [7, 11) is 2.06. The molecule has 92 valence electrons. The van der Waals surface area contributed by atoms with Gasteiger partial charge in [0.1, 0.15) is 11.6 Å². The van der Waals surface area contributed by atoms with Gasteiger partial charge in [-0.15, -0.1) is 0 Å². The Kier molecular flexibility index (Phi) is 2.77. The molecule has 0 aromatic heterocycles. The number of para-hydroxylation sites is 2. The fourth-order valence-electron chi connectivity index (χ4n) is 2.42. The Bertz CT molecular complexity index is 695. The third-order valence-electron chi connectivity index (χ3n) is 3.34. The van der Waals surface area contributed by atoms with Crippen molar-refractivity contribution in [2.45, 2.75) is 0 Å². The second kappa shape index (κ2) is 4.58. The number of benzene rings is 2. The maximum absolute atomic E-state index is 9.21. The molecule has 0 radical (unpaired) electrons. The van der Waals surface area contributed by atoms with Crippen molar-refractivity contribution in [3.8, 4) is 6.07 Å². The van der Waals surface area contributed by atoms with Crippen LogP contribution in [0.5, 0.6) is 0 Å². The predicted molar refractivity (Wildman–Crippen MR) is 76.0 cm³/mol. The van der Waals surface area contributed by atoms with Crippen molar-refractivity contribution in [2.75, 3.05) is 18.6 Å². The zero-order valence-corrected chi connectivity index (χ0v) is 10.7. The number of hydrogen-bond acceptors (Lipinski definition) is 2. The maximum Gasteiger partial charge on any atom is 0.224 e. The SMILES string of the molecule is CN1C[N+](c2ccccc2C#N)=Cc2ccccc21. The normalized spacial score (nSPS) is 13.5. The Hall–Kier alpha value is -2.60. The summed E-state index contributed by atoms with van der Waals surface area (Å²) in [5.74, 6) is 0. The quantitative estimate of drug-likeness (QED) is 0.726. The van der Waals surface area contributed by atoms with Crippen LogP contribution >= 0.6 is 0 Å². The topological polar surface area (TPSA) is 30.0 Å². The average molecular weight is 248 g/mol. The van der Waals surface area contributed by atoms with Gasteiger partial charge in [-0.1, -0.05) is 24.3 Å². The van der Waals surface area contributed by atoms with Gasteiger partial charge in [0.25, 0.3) is 0 Å². The molecule has 3 nitrogen and oxygen atoms in total. The van der Waals surface area contributed by atoms with Crippen molar-refractivity contribution in [2.24, 2.45) is 0 Å². The lowest BCUT2D eigenvalue weighted by molar-refractivity contribution is -0.435. The Labute approximate surface area is 112 Å².